The molecule has 192 valence electrons. The van der Waals surface area contributed by atoms with E-state index in [1.54, 1.807) is 12.1 Å². The monoisotopic (exact) mass is 490 g/mol. The van der Waals surface area contributed by atoms with Crippen molar-refractivity contribution in [2.75, 3.05) is 0 Å². The highest BCUT2D eigenvalue weighted by Gasteiger charge is 2.31. The van der Waals surface area contributed by atoms with Crippen molar-refractivity contribution in [2.45, 2.75) is 96.3 Å². The summed E-state index contributed by atoms with van der Waals surface area (Å²) >= 11 is 0. The van der Waals surface area contributed by atoms with Crippen LogP contribution in [0, 0.1) is 23.6 Å². The summed E-state index contributed by atoms with van der Waals surface area (Å²) in [6.07, 6.45) is 11.1. The molecule has 2 aromatic rings. The molecule has 1 nitrogen and oxygen atoms in total. The van der Waals surface area contributed by atoms with E-state index in [-0.39, 0.29) is 11.6 Å². The third-order valence-corrected chi connectivity index (χ3v) is 8.32. The first-order valence-electron chi connectivity index (χ1n) is 13.4. The maximum atomic E-state index is 14.9. The van der Waals surface area contributed by atoms with Gasteiger partial charge in [-0.2, -0.15) is 0 Å². The smallest absolute Gasteiger partial charge is 0.406 e. The molecule has 0 aliphatic heterocycles. The second-order valence-corrected chi connectivity index (χ2v) is 10.9. The number of alkyl halides is 3. The minimum Gasteiger partial charge on any atom is -0.406 e. The van der Waals surface area contributed by atoms with E-state index in [4.69, 9.17) is 0 Å². The molecule has 2 aliphatic carbocycles. The molecule has 0 aromatic heterocycles. The molecular weight excluding hydrogens is 452 g/mol. The Morgan fingerprint density at radius 1 is 0.771 bits per heavy atom. The van der Waals surface area contributed by atoms with E-state index in [0.29, 0.717) is 17.0 Å². The molecule has 2 aliphatic rings. The molecular formula is C30H38F4O. The predicted octanol–water partition coefficient (Wildman–Crippen LogP) is 10.1. The molecule has 0 heterocycles. The fraction of sp³-hybridized carbons (Fsp3) is 0.600. The summed E-state index contributed by atoms with van der Waals surface area (Å²) < 4.78 is 55.9. The van der Waals surface area contributed by atoms with Gasteiger partial charge in [0, 0.05) is 5.56 Å². The summed E-state index contributed by atoms with van der Waals surface area (Å²) in [5.74, 6) is 2.45. The quantitative estimate of drug-likeness (QED) is 0.264. The zero-order chi connectivity index (χ0) is 24.8. The van der Waals surface area contributed by atoms with Gasteiger partial charge in [0.2, 0.25) is 0 Å². The van der Waals surface area contributed by atoms with E-state index in [0.717, 1.165) is 36.2 Å². The highest BCUT2D eigenvalue weighted by Crippen LogP contribution is 2.39. The van der Waals surface area contributed by atoms with Crippen LogP contribution in [0.3, 0.4) is 0 Å². The Morgan fingerprint density at radius 2 is 1.34 bits per heavy atom. The Balaban J connectivity index is 1.22. The SMILES string of the molecule is CC1CCC(CCCCC2CCC(c3ccc(-c4ccc(OC(F)(F)F)cc4)c(F)c3)CC2)CC1. The van der Waals surface area contributed by atoms with E-state index in [1.807, 2.05) is 6.07 Å². The van der Waals surface area contributed by atoms with Gasteiger partial charge < -0.3 is 4.74 Å². The van der Waals surface area contributed by atoms with Crippen molar-refractivity contribution in [3.8, 4) is 16.9 Å². The average Bonchev–Trinajstić information content (AvgIpc) is 2.83. The molecule has 0 amide bonds. The largest absolute Gasteiger partial charge is 0.573 e. The van der Waals surface area contributed by atoms with Crippen molar-refractivity contribution in [1.29, 1.82) is 0 Å². The van der Waals surface area contributed by atoms with E-state index in [1.165, 1.54) is 88.5 Å². The average molecular weight is 491 g/mol. The van der Waals surface area contributed by atoms with Crippen LogP contribution in [0.1, 0.15) is 95.5 Å². The first-order chi connectivity index (χ1) is 16.8. The Kier molecular flexibility index (Phi) is 8.77. The van der Waals surface area contributed by atoms with E-state index in [2.05, 4.69) is 11.7 Å². The Hall–Kier alpha value is -2.04. The second-order valence-electron chi connectivity index (χ2n) is 10.9. The second kappa shape index (κ2) is 11.8. The Morgan fingerprint density at radius 3 is 1.89 bits per heavy atom. The molecule has 0 saturated heterocycles. The number of rotatable bonds is 8. The van der Waals surface area contributed by atoms with Gasteiger partial charge in [-0.15, -0.1) is 13.2 Å². The van der Waals surface area contributed by atoms with Crippen LogP contribution < -0.4 is 4.74 Å². The highest BCUT2D eigenvalue weighted by atomic mass is 19.4. The molecule has 2 saturated carbocycles. The fourth-order valence-electron chi connectivity index (χ4n) is 6.12. The van der Waals surface area contributed by atoms with Crippen LogP contribution in [-0.2, 0) is 0 Å². The predicted molar refractivity (Wildman–Crippen MR) is 133 cm³/mol. The van der Waals surface area contributed by atoms with Crippen molar-refractivity contribution in [2.24, 2.45) is 17.8 Å². The summed E-state index contributed by atoms with van der Waals surface area (Å²) in [5.41, 5.74) is 1.97. The molecule has 2 aromatic carbocycles. The molecule has 0 unspecified atom stereocenters. The van der Waals surface area contributed by atoms with Gasteiger partial charge in [0.15, 0.2) is 0 Å². The zero-order valence-electron chi connectivity index (χ0n) is 20.8. The van der Waals surface area contributed by atoms with Crippen LogP contribution in [0.4, 0.5) is 17.6 Å². The third kappa shape index (κ3) is 7.72. The minimum absolute atomic E-state index is 0.307. The van der Waals surface area contributed by atoms with Crippen molar-refractivity contribution in [1.82, 2.24) is 0 Å². The van der Waals surface area contributed by atoms with Crippen LogP contribution >= 0.6 is 0 Å². The topological polar surface area (TPSA) is 9.23 Å². The Bertz CT molecular complexity index is 920. The summed E-state index contributed by atoms with van der Waals surface area (Å²) in [7, 11) is 0. The molecule has 0 spiro atoms. The number of halogens is 4. The first kappa shape index (κ1) is 26.0. The van der Waals surface area contributed by atoms with Crippen LogP contribution in [0.2, 0.25) is 0 Å². The lowest BCUT2D eigenvalue weighted by atomic mass is 9.76. The van der Waals surface area contributed by atoms with E-state index < -0.39 is 6.36 Å². The van der Waals surface area contributed by atoms with E-state index in [9.17, 15) is 17.6 Å². The van der Waals surface area contributed by atoms with Crippen LogP contribution in [-0.4, -0.2) is 6.36 Å². The van der Waals surface area contributed by atoms with Crippen molar-refractivity contribution >= 4 is 0 Å². The van der Waals surface area contributed by atoms with E-state index >= 15 is 0 Å². The van der Waals surface area contributed by atoms with Gasteiger partial charge in [-0.05, 0) is 78.7 Å². The maximum Gasteiger partial charge on any atom is 0.573 e. The van der Waals surface area contributed by atoms with Gasteiger partial charge >= 0.3 is 6.36 Å². The molecule has 2 fully saturated rings. The number of hydrogen-bond donors (Lipinski definition) is 0. The molecule has 0 atom stereocenters. The maximum absolute atomic E-state index is 14.9. The number of unbranched alkanes of at least 4 members (excludes halogenated alkanes) is 1. The van der Waals surface area contributed by atoms with Crippen molar-refractivity contribution in [3.05, 3.63) is 53.8 Å². The first-order valence-corrected chi connectivity index (χ1v) is 13.4. The fourth-order valence-corrected chi connectivity index (χ4v) is 6.12. The van der Waals surface area contributed by atoms with Crippen LogP contribution in [0.5, 0.6) is 5.75 Å². The van der Waals surface area contributed by atoms with Gasteiger partial charge in [0.25, 0.3) is 0 Å². The summed E-state index contributed by atoms with van der Waals surface area (Å²) in [4.78, 5) is 0. The molecule has 5 heteroatoms. The molecule has 0 radical (unpaired) electrons. The summed E-state index contributed by atoms with van der Waals surface area (Å²) in [5, 5.41) is 0. The molecule has 0 N–H and O–H groups in total. The Labute approximate surface area is 207 Å². The molecule has 0 bridgehead atoms. The van der Waals surface area contributed by atoms with Crippen molar-refractivity contribution < 1.29 is 22.3 Å². The number of benzene rings is 2. The van der Waals surface area contributed by atoms with Crippen LogP contribution in [0.15, 0.2) is 42.5 Å². The van der Waals surface area contributed by atoms with Gasteiger partial charge in [-0.1, -0.05) is 82.6 Å². The highest BCUT2D eigenvalue weighted by molar-refractivity contribution is 5.65. The zero-order valence-corrected chi connectivity index (χ0v) is 20.8. The van der Waals surface area contributed by atoms with Gasteiger partial charge in [0.05, 0.1) is 0 Å². The van der Waals surface area contributed by atoms with Crippen LogP contribution in [0.25, 0.3) is 11.1 Å². The third-order valence-electron chi connectivity index (χ3n) is 8.32. The standard InChI is InChI=1S/C30H38F4O/c1-21-6-8-22(9-7-21)4-2-3-5-23-10-12-24(13-11-23)26-16-19-28(29(31)20-26)25-14-17-27(18-15-25)35-30(32,33)34/h14-24H,2-13H2,1H3. The summed E-state index contributed by atoms with van der Waals surface area (Å²) in [6, 6.07) is 10.7. The minimum atomic E-state index is -4.73. The van der Waals surface area contributed by atoms with Crippen molar-refractivity contribution in [3.63, 3.8) is 0 Å². The van der Waals surface area contributed by atoms with Gasteiger partial charge in [-0.3, -0.25) is 0 Å². The lowest BCUT2D eigenvalue weighted by Gasteiger charge is -2.29. The van der Waals surface area contributed by atoms with Gasteiger partial charge in [0.1, 0.15) is 11.6 Å². The molecule has 35 heavy (non-hydrogen) atoms. The lowest BCUT2D eigenvalue weighted by Crippen LogP contribution is -2.16. The normalized spacial score (nSPS) is 25.4. The molecule has 4 rings (SSSR count). The number of ether oxygens (including phenoxy) is 1. The summed E-state index contributed by atoms with van der Waals surface area (Å²) in [6.45, 7) is 2.38. The van der Waals surface area contributed by atoms with Gasteiger partial charge in [-0.25, -0.2) is 4.39 Å². The number of hydrogen-bond acceptors (Lipinski definition) is 1. The lowest BCUT2D eigenvalue weighted by molar-refractivity contribution is -0.274.